The topological polar surface area (TPSA) is 59.3 Å². The molecule has 90 valence electrons. The molecule has 2 heterocycles. The van der Waals surface area contributed by atoms with Crippen LogP contribution in [-0.2, 0) is 10.3 Å². The van der Waals surface area contributed by atoms with Gasteiger partial charge in [0.05, 0.1) is 5.56 Å². The predicted octanol–water partition coefficient (Wildman–Crippen LogP) is 1.58. The third-order valence-electron chi connectivity index (χ3n) is 3.29. The summed E-state index contributed by atoms with van der Waals surface area (Å²) in [5, 5.41) is 9.65. The van der Waals surface area contributed by atoms with Crippen molar-refractivity contribution < 1.29 is 9.90 Å². The number of hydrogen-bond acceptors (Lipinski definition) is 3. The first-order valence-corrected chi connectivity index (χ1v) is 5.46. The number of fused-ring (bicyclic) bond motifs is 1. The monoisotopic (exact) mass is 233 g/mol. The Balaban J connectivity index is 2.92. The molecule has 17 heavy (non-hydrogen) atoms. The number of carbonyl (C=O) groups excluding carboxylic acids is 1. The van der Waals surface area contributed by atoms with E-state index in [4.69, 9.17) is 0 Å². The minimum atomic E-state index is -0.899. The molecule has 1 aromatic rings. The van der Waals surface area contributed by atoms with Crippen LogP contribution in [0.5, 0.6) is 5.75 Å². The molecule has 1 aromatic heterocycles. The van der Waals surface area contributed by atoms with Gasteiger partial charge in [0.15, 0.2) is 5.78 Å². The van der Waals surface area contributed by atoms with Crippen LogP contribution in [0.4, 0.5) is 0 Å². The second-order valence-corrected chi connectivity index (χ2v) is 4.94. The zero-order valence-corrected chi connectivity index (χ0v) is 10.4. The van der Waals surface area contributed by atoms with Gasteiger partial charge in [-0.15, -0.1) is 0 Å². The van der Waals surface area contributed by atoms with Gasteiger partial charge in [-0.25, -0.2) is 0 Å². The van der Waals surface area contributed by atoms with E-state index in [2.05, 4.69) is 0 Å². The van der Waals surface area contributed by atoms with Gasteiger partial charge in [0.25, 0.3) is 5.56 Å². The fourth-order valence-electron chi connectivity index (χ4n) is 2.26. The SMILES string of the molecule is CC1=Cc2cc(O)c(C)c(=O)n2C(C)(C)C1=O. The highest BCUT2D eigenvalue weighted by Gasteiger charge is 2.36. The molecular formula is C13H15NO3. The van der Waals surface area contributed by atoms with E-state index in [-0.39, 0.29) is 22.7 Å². The Kier molecular flexibility index (Phi) is 2.28. The van der Waals surface area contributed by atoms with Gasteiger partial charge in [-0.3, -0.25) is 14.2 Å². The quantitative estimate of drug-likeness (QED) is 0.740. The molecule has 2 rings (SSSR count). The van der Waals surface area contributed by atoms with E-state index < -0.39 is 5.54 Å². The molecule has 0 atom stereocenters. The van der Waals surface area contributed by atoms with Gasteiger partial charge in [-0.2, -0.15) is 0 Å². The molecular weight excluding hydrogens is 218 g/mol. The minimum absolute atomic E-state index is 0.0320. The standard InChI is InChI=1S/C13H15NO3/c1-7-5-9-6-10(15)8(2)12(17)14(9)13(3,4)11(7)16/h5-6,15H,1-4H3. The lowest BCUT2D eigenvalue weighted by atomic mass is 9.88. The fourth-order valence-corrected chi connectivity index (χ4v) is 2.26. The molecule has 0 aromatic carbocycles. The number of ketones is 1. The number of hydrogen-bond donors (Lipinski definition) is 1. The van der Waals surface area contributed by atoms with Gasteiger partial charge in [0.1, 0.15) is 11.3 Å². The summed E-state index contributed by atoms with van der Waals surface area (Å²) < 4.78 is 1.44. The van der Waals surface area contributed by atoms with Crippen molar-refractivity contribution in [3.63, 3.8) is 0 Å². The Hall–Kier alpha value is -1.84. The summed E-state index contributed by atoms with van der Waals surface area (Å²) in [5.74, 6) is -0.104. The molecule has 4 nitrogen and oxygen atoms in total. The van der Waals surface area contributed by atoms with E-state index >= 15 is 0 Å². The van der Waals surface area contributed by atoms with E-state index in [1.165, 1.54) is 10.6 Å². The highest BCUT2D eigenvalue weighted by atomic mass is 16.3. The summed E-state index contributed by atoms with van der Waals surface area (Å²) in [7, 11) is 0. The summed E-state index contributed by atoms with van der Waals surface area (Å²) in [6.07, 6.45) is 1.63. The van der Waals surface area contributed by atoms with E-state index in [0.717, 1.165) is 0 Å². The van der Waals surface area contributed by atoms with Crippen molar-refractivity contribution in [1.29, 1.82) is 0 Å². The molecule has 0 saturated carbocycles. The maximum atomic E-state index is 12.1. The van der Waals surface area contributed by atoms with Crippen molar-refractivity contribution in [2.24, 2.45) is 0 Å². The first kappa shape index (κ1) is 11.6. The molecule has 0 amide bonds. The number of pyridine rings is 1. The fraction of sp³-hybridized carbons (Fsp3) is 0.385. The van der Waals surface area contributed by atoms with Crippen LogP contribution in [0.1, 0.15) is 32.0 Å². The lowest BCUT2D eigenvalue weighted by molar-refractivity contribution is -0.122. The van der Waals surface area contributed by atoms with Gasteiger partial charge in [0.2, 0.25) is 0 Å². The van der Waals surface area contributed by atoms with Crippen LogP contribution in [0.3, 0.4) is 0 Å². The van der Waals surface area contributed by atoms with Gasteiger partial charge in [-0.05, 0) is 39.3 Å². The zero-order valence-electron chi connectivity index (χ0n) is 10.4. The molecule has 0 fully saturated rings. The van der Waals surface area contributed by atoms with Crippen LogP contribution in [-0.4, -0.2) is 15.5 Å². The number of rotatable bonds is 0. The number of carbonyl (C=O) groups is 1. The van der Waals surface area contributed by atoms with Crippen molar-refractivity contribution in [1.82, 2.24) is 4.57 Å². The second kappa shape index (κ2) is 3.32. The minimum Gasteiger partial charge on any atom is -0.507 e. The highest BCUT2D eigenvalue weighted by Crippen LogP contribution is 2.29. The Morgan fingerprint density at radius 1 is 1.24 bits per heavy atom. The summed E-state index contributed by atoms with van der Waals surface area (Å²) in [5.41, 5.74) is 0.214. The van der Waals surface area contributed by atoms with Gasteiger partial charge in [-0.1, -0.05) is 0 Å². The van der Waals surface area contributed by atoms with Gasteiger partial charge < -0.3 is 5.11 Å². The van der Waals surface area contributed by atoms with Crippen LogP contribution >= 0.6 is 0 Å². The summed E-state index contributed by atoms with van der Waals surface area (Å²) in [6.45, 7) is 6.70. The molecule has 1 N–H and O–H groups in total. The normalized spacial score (nSPS) is 17.6. The number of aromatic nitrogens is 1. The van der Waals surface area contributed by atoms with Crippen LogP contribution in [0.2, 0.25) is 0 Å². The van der Waals surface area contributed by atoms with Crippen molar-refractivity contribution >= 4 is 11.9 Å². The van der Waals surface area contributed by atoms with Crippen molar-refractivity contribution in [3.8, 4) is 5.75 Å². The molecule has 4 heteroatoms. The summed E-state index contributed by atoms with van der Waals surface area (Å²) >= 11 is 0. The molecule has 0 saturated heterocycles. The highest BCUT2D eigenvalue weighted by molar-refractivity contribution is 6.05. The Bertz CT molecular complexity index is 606. The first-order valence-electron chi connectivity index (χ1n) is 5.46. The molecule has 0 aliphatic carbocycles. The van der Waals surface area contributed by atoms with Crippen LogP contribution < -0.4 is 5.56 Å². The number of allylic oxidation sites excluding steroid dienone is 1. The lowest BCUT2D eigenvalue weighted by Crippen LogP contribution is -2.46. The zero-order chi connectivity index (χ0) is 13.0. The first-order chi connectivity index (χ1) is 7.76. The van der Waals surface area contributed by atoms with Crippen molar-refractivity contribution in [3.05, 3.63) is 33.3 Å². The van der Waals surface area contributed by atoms with Crippen LogP contribution in [0.15, 0.2) is 16.4 Å². The Morgan fingerprint density at radius 2 is 1.82 bits per heavy atom. The molecule has 0 radical (unpaired) electrons. The van der Waals surface area contributed by atoms with Gasteiger partial charge in [0, 0.05) is 11.8 Å². The maximum Gasteiger partial charge on any atom is 0.258 e. The van der Waals surface area contributed by atoms with Crippen LogP contribution in [0, 0.1) is 6.92 Å². The van der Waals surface area contributed by atoms with Crippen LogP contribution in [0.25, 0.3) is 6.08 Å². The molecule has 0 spiro atoms. The molecule has 0 unspecified atom stereocenters. The summed E-state index contributed by atoms with van der Waals surface area (Å²) in [6, 6.07) is 1.52. The average molecular weight is 233 g/mol. The summed E-state index contributed by atoms with van der Waals surface area (Å²) in [4.78, 5) is 24.2. The molecule has 1 aliphatic rings. The van der Waals surface area contributed by atoms with E-state index in [0.29, 0.717) is 11.3 Å². The third kappa shape index (κ3) is 1.44. The largest absolute Gasteiger partial charge is 0.507 e. The maximum absolute atomic E-state index is 12.1. The number of nitrogens with zero attached hydrogens (tertiary/aromatic N) is 1. The van der Waals surface area contributed by atoms with E-state index in [1.807, 2.05) is 0 Å². The van der Waals surface area contributed by atoms with E-state index in [1.54, 1.807) is 33.8 Å². The molecule has 1 aliphatic heterocycles. The number of Topliss-reactive ketones (excluding diaryl/α,β-unsaturated/α-hetero) is 1. The Morgan fingerprint density at radius 3 is 2.41 bits per heavy atom. The van der Waals surface area contributed by atoms with Crippen molar-refractivity contribution in [2.45, 2.75) is 33.2 Å². The smallest absolute Gasteiger partial charge is 0.258 e. The third-order valence-corrected chi connectivity index (χ3v) is 3.29. The van der Waals surface area contributed by atoms with Crippen molar-refractivity contribution in [2.75, 3.05) is 0 Å². The Labute approximate surface area is 99.2 Å². The number of aromatic hydroxyl groups is 1. The van der Waals surface area contributed by atoms with E-state index in [9.17, 15) is 14.7 Å². The second-order valence-electron chi connectivity index (χ2n) is 4.94. The average Bonchev–Trinajstić information content (AvgIpc) is 2.22. The van der Waals surface area contributed by atoms with Gasteiger partial charge >= 0.3 is 0 Å². The molecule has 0 bridgehead atoms. The predicted molar refractivity (Wildman–Crippen MR) is 65.1 cm³/mol. The lowest BCUT2D eigenvalue weighted by Gasteiger charge is -2.32.